The zero-order valence-electron chi connectivity index (χ0n) is 15.9. The van der Waals surface area contributed by atoms with Gasteiger partial charge in [-0.05, 0) is 60.9 Å². The first kappa shape index (κ1) is 19.2. The first-order chi connectivity index (χ1) is 13.5. The lowest BCUT2D eigenvalue weighted by Crippen LogP contribution is -2.42. The van der Waals surface area contributed by atoms with Crippen molar-refractivity contribution in [2.75, 3.05) is 13.1 Å². The standard InChI is InChI=1S/C22H26N2O3S/c25-22(23-16-17-5-2-1-3-6-17)19-11-13-24(14-12-19)28(26,27)21-10-9-18-7-4-8-20(18)15-21/h1-3,5-6,9-10,15,19H,4,7-8,11-14,16H2,(H,23,25). The third kappa shape index (κ3) is 3.98. The van der Waals surface area contributed by atoms with Gasteiger partial charge in [0.2, 0.25) is 15.9 Å². The molecule has 6 heteroatoms. The number of hydrogen-bond donors (Lipinski definition) is 1. The van der Waals surface area contributed by atoms with Crippen molar-refractivity contribution in [1.82, 2.24) is 9.62 Å². The van der Waals surface area contributed by atoms with Crippen molar-refractivity contribution in [1.29, 1.82) is 0 Å². The quantitative estimate of drug-likeness (QED) is 0.842. The van der Waals surface area contributed by atoms with E-state index in [1.165, 1.54) is 9.87 Å². The van der Waals surface area contributed by atoms with Crippen LogP contribution in [0, 0.1) is 5.92 Å². The summed E-state index contributed by atoms with van der Waals surface area (Å²) < 4.78 is 27.5. The van der Waals surface area contributed by atoms with Gasteiger partial charge in [-0.15, -0.1) is 0 Å². The zero-order chi connectivity index (χ0) is 19.6. The number of hydrogen-bond acceptors (Lipinski definition) is 3. The second-order valence-electron chi connectivity index (χ2n) is 7.67. The molecule has 4 rings (SSSR count). The summed E-state index contributed by atoms with van der Waals surface area (Å²) in [6, 6.07) is 15.3. The predicted octanol–water partition coefficient (Wildman–Crippen LogP) is 2.89. The highest BCUT2D eigenvalue weighted by Gasteiger charge is 2.32. The van der Waals surface area contributed by atoms with Gasteiger partial charge in [0.1, 0.15) is 0 Å². The molecule has 1 fully saturated rings. The largest absolute Gasteiger partial charge is 0.352 e. The van der Waals surface area contributed by atoms with Crippen molar-refractivity contribution in [2.45, 2.75) is 43.5 Å². The van der Waals surface area contributed by atoms with Crippen LogP contribution in [0.5, 0.6) is 0 Å². The number of nitrogens with zero attached hydrogens (tertiary/aromatic N) is 1. The van der Waals surface area contributed by atoms with Crippen LogP contribution in [0.2, 0.25) is 0 Å². The number of benzene rings is 2. The lowest BCUT2D eigenvalue weighted by molar-refractivity contribution is -0.126. The number of carbonyl (C=O) groups excluding carboxylic acids is 1. The van der Waals surface area contributed by atoms with Crippen LogP contribution in [0.25, 0.3) is 0 Å². The number of fused-ring (bicyclic) bond motifs is 1. The maximum absolute atomic E-state index is 13.0. The van der Waals surface area contributed by atoms with E-state index in [9.17, 15) is 13.2 Å². The first-order valence-corrected chi connectivity index (χ1v) is 11.4. The van der Waals surface area contributed by atoms with E-state index in [0.29, 0.717) is 37.4 Å². The number of sulfonamides is 1. The Morgan fingerprint density at radius 2 is 1.71 bits per heavy atom. The zero-order valence-corrected chi connectivity index (χ0v) is 16.7. The van der Waals surface area contributed by atoms with Gasteiger partial charge >= 0.3 is 0 Å². The third-order valence-corrected chi connectivity index (χ3v) is 7.74. The average Bonchev–Trinajstić information content (AvgIpc) is 3.21. The first-order valence-electron chi connectivity index (χ1n) is 9.97. The van der Waals surface area contributed by atoms with Gasteiger partial charge in [-0.1, -0.05) is 36.4 Å². The summed E-state index contributed by atoms with van der Waals surface area (Å²) in [5, 5.41) is 2.98. The van der Waals surface area contributed by atoms with Gasteiger partial charge < -0.3 is 5.32 Å². The molecule has 1 amide bonds. The summed E-state index contributed by atoms with van der Waals surface area (Å²) in [7, 11) is -3.49. The number of carbonyl (C=O) groups is 1. The Morgan fingerprint density at radius 3 is 2.46 bits per heavy atom. The van der Waals surface area contributed by atoms with E-state index in [1.807, 2.05) is 42.5 Å². The highest BCUT2D eigenvalue weighted by Crippen LogP contribution is 2.28. The van der Waals surface area contributed by atoms with E-state index >= 15 is 0 Å². The van der Waals surface area contributed by atoms with Gasteiger partial charge in [-0.3, -0.25) is 4.79 Å². The molecule has 2 aliphatic rings. The minimum atomic E-state index is -3.49. The fourth-order valence-electron chi connectivity index (χ4n) is 4.15. The molecular formula is C22H26N2O3S. The highest BCUT2D eigenvalue weighted by atomic mass is 32.2. The molecule has 1 aliphatic carbocycles. The van der Waals surface area contributed by atoms with Gasteiger partial charge in [0, 0.05) is 25.6 Å². The Labute approximate surface area is 166 Å². The molecular weight excluding hydrogens is 372 g/mol. The molecule has 148 valence electrons. The smallest absolute Gasteiger partial charge is 0.243 e. The maximum Gasteiger partial charge on any atom is 0.243 e. The molecule has 28 heavy (non-hydrogen) atoms. The van der Waals surface area contributed by atoms with E-state index in [-0.39, 0.29) is 11.8 Å². The van der Waals surface area contributed by atoms with Crippen molar-refractivity contribution in [2.24, 2.45) is 5.92 Å². The summed E-state index contributed by atoms with van der Waals surface area (Å²) in [5.41, 5.74) is 3.50. The number of aryl methyl sites for hydroxylation is 2. The molecule has 5 nitrogen and oxygen atoms in total. The molecule has 0 bridgehead atoms. The van der Waals surface area contributed by atoms with Crippen LogP contribution in [0.3, 0.4) is 0 Å². The molecule has 1 N–H and O–H groups in total. The summed E-state index contributed by atoms with van der Waals surface area (Å²) in [6.07, 6.45) is 4.22. The molecule has 0 atom stereocenters. The fraction of sp³-hybridized carbons (Fsp3) is 0.409. The number of rotatable bonds is 5. The molecule has 0 aromatic heterocycles. The van der Waals surface area contributed by atoms with E-state index in [0.717, 1.165) is 30.4 Å². The van der Waals surface area contributed by atoms with Crippen LogP contribution in [0.1, 0.15) is 36.0 Å². The SMILES string of the molecule is O=C(NCc1ccccc1)C1CCN(S(=O)(=O)c2ccc3c(c2)CCC3)CC1. The molecule has 2 aromatic carbocycles. The Bertz CT molecular complexity index is 949. The molecule has 0 saturated carbocycles. The summed E-state index contributed by atoms with van der Waals surface area (Å²) in [4.78, 5) is 12.8. The van der Waals surface area contributed by atoms with Crippen LogP contribution in [-0.4, -0.2) is 31.7 Å². The highest BCUT2D eigenvalue weighted by molar-refractivity contribution is 7.89. The van der Waals surface area contributed by atoms with Crippen LogP contribution in [0.15, 0.2) is 53.4 Å². The van der Waals surface area contributed by atoms with E-state index in [1.54, 1.807) is 6.07 Å². The maximum atomic E-state index is 13.0. The van der Waals surface area contributed by atoms with E-state index in [2.05, 4.69) is 5.32 Å². The Hall–Kier alpha value is -2.18. The van der Waals surface area contributed by atoms with E-state index < -0.39 is 10.0 Å². The van der Waals surface area contributed by atoms with Crippen molar-refractivity contribution in [3.8, 4) is 0 Å². The molecule has 0 spiro atoms. The van der Waals surface area contributed by atoms with Crippen LogP contribution in [-0.2, 0) is 34.2 Å². The van der Waals surface area contributed by atoms with Crippen molar-refractivity contribution in [3.63, 3.8) is 0 Å². The lowest BCUT2D eigenvalue weighted by Gasteiger charge is -2.30. The van der Waals surface area contributed by atoms with Crippen molar-refractivity contribution >= 4 is 15.9 Å². The summed E-state index contributed by atoms with van der Waals surface area (Å²) >= 11 is 0. The van der Waals surface area contributed by atoms with Crippen molar-refractivity contribution in [3.05, 3.63) is 65.2 Å². The lowest BCUT2D eigenvalue weighted by atomic mass is 9.97. The minimum Gasteiger partial charge on any atom is -0.352 e. The number of amides is 1. The monoisotopic (exact) mass is 398 g/mol. The van der Waals surface area contributed by atoms with Crippen molar-refractivity contribution < 1.29 is 13.2 Å². The van der Waals surface area contributed by atoms with Crippen LogP contribution < -0.4 is 5.32 Å². The van der Waals surface area contributed by atoms with Gasteiger partial charge in [-0.2, -0.15) is 4.31 Å². The van der Waals surface area contributed by atoms with Gasteiger partial charge in [0.05, 0.1) is 4.90 Å². The molecule has 2 aromatic rings. The van der Waals surface area contributed by atoms with E-state index in [4.69, 9.17) is 0 Å². The Morgan fingerprint density at radius 1 is 1.00 bits per heavy atom. The topological polar surface area (TPSA) is 66.5 Å². The van der Waals surface area contributed by atoms with Gasteiger partial charge in [-0.25, -0.2) is 8.42 Å². The predicted molar refractivity (Wildman–Crippen MR) is 108 cm³/mol. The molecule has 1 saturated heterocycles. The summed E-state index contributed by atoms with van der Waals surface area (Å²) in [5.74, 6) is -0.117. The minimum absolute atomic E-state index is 0.0124. The Balaban J connectivity index is 1.35. The molecule has 0 unspecified atom stereocenters. The number of nitrogens with one attached hydrogen (secondary N) is 1. The third-order valence-electron chi connectivity index (χ3n) is 5.84. The molecule has 1 aliphatic heterocycles. The number of piperidine rings is 1. The second kappa shape index (κ2) is 8.05. The van der Waals surface area contributed by atoms with Gasteiger partial charge in [0.25, 0.3) is 0 Å². The summed E-state index contributed by atoms with van der Waals surface area (Å²) in [6.45, 7) is 1.29. The fourth-order valence-corrected chi connectivity index (χ4v) is 5.67. The average molecular weight is 399 g/mol. The van der Waals surface area contributed by atoms with Gasteiger partial charge in [0.15, 0.2) is 0 Å². The van der Waals surface area contributed by atoms with Crippen LogP contribution >= 0.6 is 0 Å². The van der Waals surface area contributed by atoms with Crippen LogP contribution in [0.4, 0.5) is 0 Å². The molecule has 1 heterocycles. The second-order valence-corrected chi connectivity index (χ2v) is 9.60. The molecule has 0 radical (unpaired) electrons. The normalized spacial score (nSPS) is 18.0. The Kier molecular flexibility index (Phi) is 5.51.